The molecule has 1 amide bonds. The zero-order valence-electron chi connectivity index (χ0n) is 12.0. The first kappa shape index (κ1) is 17.1. The Kier molecular flexibility index (Phi) is 4.75. The van der Waals surface area contributed by atoms with Crippen LogP contribution in [0.3, 0.4) is 0 Å². The van der Waals surface area contributed by atoms with E-state index in [4.69, 9.17) is 10.8 Å². The number of carboxylic acids is 1. The lowest BCUT2D eigenvalue weighted by Crippen LogP contribution is -2.51. The first-order chi connectivity index (χ1) is 9.53. The molecule has 1 atom stereocenters. The van der Waals surface area contributed by atoms with Crippen molar-refractivity contribution in [1.82, 2.24) is 4.72 Å². The highest BCUT2D eigenvalue weighted by molar-refractivity contribution is 7.89. The van der Waals surface area contributed by atoms with Crippen LogP contribution in [-0.4, -0.2) is 30.9 Å². The maximum absolute atomic E-state index is 12.3. The number of hydrogen-bond donors (Lipinski definition) is 3. The fraction of sp³-hybridized carbons (Fsp3) is 0.385. The van der Waals surface area contributed by atoms with Crippen LogP contribution >= 0.6 is 0 Å². The fourth-order valence-corrected chi connectivity index (χ4v) is 3.12. The number of primary amides is 1. The number of carbonyl (C=O) groups is 2. The standard InChI is InChI=1S/C13H18N2O5S/c1-4-13(3,12(17)18)15-21(19,20)9-6-5-8(2)10(7-9)11(14)16/h5-7,15H,4H2,1-3H3,(H2,14,16)(H,17,18). The van der Waals surface area contributed by atoms with Gasteiger partial charge in [-0.2, -0.15) is 4.72 Å². The van der Waals surface area contributed by atoms with Crippen molar-refractivity contribution in [1.29, 1.82) is 0 Å². The van der Waals surface area contributed by atoms with Crippen LogP contribution in [0.15, 0.2) is 23.1 Å². The van der Waals surface area contributed by atoms with Gasteiger partial charge in [0.15, 0.2) is 0 Å². The van der Waals surface area contributed by atoms with Crippen LogP contribution in [0.4, 0.5) is 0 Å². The molecule has 116 valence electrons. The van der Waals surface area contributed by atoms with Gasteiger partial charge in [-0.25, -0.2) is 8.42 Å². The molecule has 8 heteroatoms. The first-order valence-corrected chi connectivity index (χ1v) is 7.69. The lowest BCUT2D eigenvalue weighted by Gasteiger charge is -2.24. The Morgan fingerprint density at radius 2 is 1.95 bits per heavy atom. The third kappa shape index (κ3) is 3.59. The molecule has 1 aromatic carbocycles. The molecular formula is C13H18N2O5S. The third-order valence-corrected chi connectivity index (χ3v) is 4.92. The lowest BCUT2D eigenvalue weighted by molar-refractivity contribution is -0.143. The molecule has 21 heavy (non-hydrogen) atoms. The van der Waals surface area contributed by atoms with Crippen molar-refractivity contribution in [3.8, 4) is 0 Å². The van der Waals surface area contributed by atoms with Crippen LogP contribution in [-0.2, 0) is 14.8 Å². The summed E-state index contributed by atoms with van der Waals surface area (Å²) in [7, 11) is -4.09. The number of sulfonamides is 1. The van der Waals surface area contributed by atoms with E-state index >= 15 is 0 Å². The van der Waals surface area contributed by atoms with Crippen LogP contribution in [0.25, 0.3) is 0 Å². The maximum atomic E-state index is 12.3. The molecule has 1 unspecified atom stereocenters. The van der Waals surface area contributed by atoms with Crippen LogP contribution in [0.2, 0.25) is 0 Å². The summed E-state index contributed by atoms with van der Waals surface area (Å²) in [6.07, 6.45) is 0.0656. The molecule has 0 spiro atoms. The van der Waals surface area contributed by atoms with Crippen molar-refractivity contribution in [2.75, 3.05) is 0 Å². The molecule has 0 aliphatic heterocycles. The van der Waals surface area contributed by atoms with Gasteiger partial charge in [-0.05, 0) is 38.0 Å². The number of nitrogens with one attached hydrogen (secondary N) is 1. The average molecular weight is 314 g/mol. The van der Waals surface area contributed by atoms with E-state index in [-0.39, 0.29) is 16.9 Å². The van der Waals surface area contributed by atoms with Crippen LogP contribution < -0.4 is 10.5 Å². The highest BCUT2D eigenvalue weighted by atomic mass is 32.2. The molecule has 0 saturated carbocycles. The molecule has 0 radical (unpaired) electrons. The first-order valence-electron chi connectivity index (χ1n) is 6.21. The zero-order chi connectivity index (χ0) is 16.4. The monoisotopic (exact) mass is 314 g/mol. The predicted octanol–water partition coefficient (Wildman–Crippen LogP) is 0.626. The van der Waals surface area contributed by atoms with Gasteiger partial charge in [0.2, 0.25) is 15.9 Å². The number of hydrogen-bond acceptors (Lipinski definition) is 4. The second kappa shape index (κ2) is 5.82. The van der Waals surface area contributed by atoms with E-state index in [0.717, 1.165) is 6.07 Å². The van der Waals surface area contributed by atoms with E-state index in [2.05, 4.69) is 4.72 Å². The van der Waals surface area contributed by atoms with Gasteiger partial charge in [0.25, 0.3) is 0 Å². The highest BCUT2D eigenvalue weighted by Gasteiger charge is 2.36. The second-order valence-corrected chi connectivity index (χ2v) is 6.62. The summed E-state index contributed by atoms with van der Waals surface area (Å²) in [6, 6.07) is 3.87. The Morgan fingerprint density at radius 3 is 2.38 bits per heavy atom. The Balaban J connectivity index is 3.29. The Morgan fingerprint density at radius 1 is 1.38 bits per heavy atom. The SMILES string of the molecule is CCC(C)(NS(=O)(=O)c1ccc(C)c(C(N)=O)c1)C(=O)O. The highest BCUT2D eigenvalue weighted by Crippen LogP contribution is 2.19. The van der Waals surface area contributed by atoms with Crippen LogP contribution in [0.1, 0.15) is 36.2 Å². The normalized spacial score (nSPS) is 14.4. The van der Waals surface area contributed by atoms with Gasteiger partial charge in [-0.1, -0.05) is 13.0 Å². The molecule has 0 aromatic heterocycles. The van der Waals surface area contributed by atoms with Gasteiger partial charge >= 0.3 is 5.97 Å². The minimum absolute atomic E-state index is 0.0656. The fourth-order valence-electron chi connectivity index (χ4n) is 1.66. The van der Waals surface area contributed by atoms with Gasteiger partial charge < -0.3 is 10.8 Å². The average Bonchev–Trinajstić information content (AvgIpc) is 2.37. The number of amides is 1. The number of aryl methyl sites for hydroxylation is 1. The van der Waals surface area contributed by atoms with Gasteiger partial charge in [-0.3, -0.25) is 9.59 Å². The van der Waals surface area contributed by atoms with Crippen molar-refractivity contribution in [2.24, 2.45) is 5.73 Å². The summed E-state index contributed by atoms with van der Waals surface area (Å²) in [6.45, 7) is 4.45. The smallest absolute Gasteiger partial charge is 0.324 e. The van der Waals surface area contributed by atoms with E-state index < -0.39 is 27.4 Å². The molecule has 0 heterocycles. The predicted molar refractivity (Wildman–Crippen MR) is 76.4 cm³/mol. The molecule has 1 aromatic rings. The van der Waals surface area contributed by atoms with E-state index in [1.165, 1.54) is 19.1 Å². The number of aliphatic carboxylic acids is 1. The third-order valence-electron chi connectivity index (χ3n) is 3.32. The summed E-state index contributed by atoms with van der Waals surface area (Å²) in [4.78, 5) is 22.2. The van der Waals surface area contributed by atoms with E-state index in [1.54, 1.807) is 13.8 Å². The van der Waals surface area contributed by atoms with Crippen molar-refractivity contribution in [2.45, 2.75) is 37.6 Å². The quantitative estimate of drug-likeness (QED) is 0.709. The number of benzene rings is 1. The number of nitrogens with two attached hydrogens (primary N) is 1. The van der Waals surface area contributed by atoms with E-state index in [1.807, 2.05) is 0 Å². The van der Waals surface area contributed by atoms with E-state index in [0.29, 0.717) is 5.56 Å². The molecule has 7 nitrogen and oxygen atoms in total. The van der Waals surface area contributed by atoms with Gasteiger partial charge in [0.05, 0.1) is 4.90 Å². The summed E-state index contributed by atoms with van der Waals surface area (Å²) >= 11 is 0. The van der Waals surface area contributed by atoms with Crippen LogP contribution in [0, 0.1) is 6.92 Å². The van der Waals surface area contributed by atoms with Crippen molar-refractivity contribution >= 4 is 21.9 Å². The van der Waals surface area contributed by atoms with Crippen LogP contribution in [0.5, 0.6) is 0 Å². The Bertz CT molecular complexity index is 684. The van der Waals surface area contributed by atoms with Gasteiger partial charge in [0, 0.05) is 5.56 Å². The number of carboxylic acid groups (broad SMARTS) is 1. The summed E-state index contributed by atoms with van der Waals surface area (Å²) in [5.41, 5.74) is 4.17. The summed E-state index contributed by atoms with van der Waals surface area (Å²) in [5, 5.41) is 9.13. The zero-order valence-corrected chi connectivity index (χ0v) is 12.8. The number of carbonyl (C=O) groups excluding carboxylic acids is 1. The minimum atomic E-state index is -4.09. The second-order valence-electron chi connectivity index (χ2n) is 4.94. The topological polar surface area (TPSA) is 127 Å². The molecule has 0 bridgehead atoms. The van der Waals surface area contributed by atoms with Crippen molar-refractivity contribution < 1.29 is 23.1 Å². The number of rotatable bonds is 6. The molecule has 0 aliphatic rings. The molecule has 0 aliphatic carbocycles. The lowest BCUT2D eigenvalue weighted by atomic mass is 10.0. The largest absolute Gasteiger partial charge is 0.480 e. The van der Waals surface area contributed by atoms with Crippen molar-refractivity contribution in [3.63, 3.8) is 0 Å². The Labute approximate surface area is 123 Å². The molecule has 0 fully saturated rings. The molecule has 4 N–H and O–H groups in total. The minimum Gasteiger partial charge on any atom is -0.480 e. The summed E-state index contributed by atoms with van der Waals surface area (Å²) in [5.74, 6) is -2.03. The van der Waals surface area contributed by atoms with Gasteiger partial charge in [-0.15, -0.1) is 0 Å². The summed E-state index contributed by atoms with van der Waals surface area (Å²) < 4.78 is 26.7. The molecular weight excluding hydrogens is 296 g/mol. The molecule has 0 saturated heterocycles. The van der Waals surface area contributed by atoms with E-state index in [9.17, 15) is 18.0 Å². The van der Waals surface area contributed by atoms with Crippen molar-refractivity contribution in [3.05, 3.63) is 29.3 Å². The Hall–Kier alpha value is -1.93. The maximum Gasteiger partial charge on any atom is 0.324 e. The molecule has 1 rings (SSSR count). The van der Waals surface area contributed by atoms with Gasteiger partial charge in [0.1, 0.15) is 5.54 Å².